The van der Waals surface area contributed by atoms with Gasteiger partial charge in [-0.3, -0.25) is 4.79 Å². The van der Waals surface area contributed by atoms with Crippen molar-refractivity contribution in [2.75, 3.05) is 21.3 Å². The molecule has 3 aromatic carbocycles. The molecule has 0 N–H and O–H groups in total. The number of benzene rings is 3. The third-order valence-corrected chi connectivity index (χ3v) is 5.61. The first-order chi connectivity index (χ1) is 14.6. The lowest BCUT2D eigenvalue weighted by molar-refractivity contribution is 0.104. The highest BCUT2D eigenvalue weighted by Gasteiger charge is 2.11. The Balaban J connectivity index is 1.75. The second-order valence-electron chi connectivity index (χ2n) is 6.44. The molecular formula is C25H24O4S. The van der Waals surface area contributed by atoms with Gasteiger partial charge in [0.1, 0.15) is 17.2 Å². The standard InChI is InChI=1S/C25H24O4S/c1-27-20-12-14-24(28-2)22(16-20)23(26)13-10-18-9-11-19(25(15-18)29-3)17-30-21-7-5-4-6-8-21/h4-16H,17H2,1-3H3/b13-10+. The molecule has 0 fully saturated rings. The molecule has 0 atom stereocenters. The molecule has 0 aliphatic rings. The van der Waals surface area contributed by atoms with E-state index in [-0.39, 0.29) is 5.78 Å². The fraction of sp³-hybridized carbons (Fsp3) is 0.160. The molecule has 0 bridgehead atoms. The van der Waals surface area contributed by atoms with E-state index in [9.17, 15) is 4.79 Å². The SMILES string of the molecule is COc1ccc(OC)c(C(=O)/C=C/c2ccc(CSc3ccccc3)c(OC)c2)c1. The van der Waals surface area contributed by atoms with Crippen LogP contribution >= 0.6 is 11.8 Å². The highest BCUT2D eigenvalue weighted by Crippen LogP contribution is 2.29. The summed E-state index contributed by atoms with van der Waals surface area (Å²) in [6.07, 6.45) is 3.31. The van der Waals surface area contributed by atoms with Crippen LogP contribution in [0.1, 0.15) is 21.5 Å². The van der Waals surface area contributed by atoms with Crippen molar-refractivity contribution in [3.05, 3.63) is 89.5 Å². The molecule has 0 aliphatic carbocycles. The molecule has 5 heteroatoms. The van der Waals surface area contributed by atoms with Crippen LogP contribution in [0, 0.1) is 0 Å². The molecule has 0 heterocycles. The lowest BCUT2D eigenvalue weighted by atomic mass is 10.1. The van der Waals surface area contributed by atoms with Gasteiger partial charge in [0, 0.05) is 16.2 Å². The van der Waals surface area contributed by atoms with Gasteiger partial charge < -0.3 is 14.2 Å². The van der Waals surface area contributed by atoms with Crippen molar-refractivity contribution < 1.29 is 19.0 Å². The van der Waals surface area contributed by atoms with Gasteiger partial charge >= 0.3 is 0 Å². The minimum atomic E-state index is -0.159. The molecule has 4 nitrogen and oxygen atoms in total. The molecule has 0 unspecified atom stereocenters. The Labute approximate surface area is 181 Å². The Morgan fingerprint density at radius 3 is 2.33 bits per heavy atom. The van der Waals surface area contributed by atoms with Crippen molar-refractivity contribution in [2.45, 2.75) is 10.6 Å². The Bertz CT molecular complexity index is 1030. The van der Waals surface area contributed by atoms with Gasteiger partial charge in [-0.05, 0) is 48.0 Å². The summed E-state index contributed by atoms with van der Waals surface area (Å²) in [5.74, 6) is 2.56. The molecule has 3 rings (SSSR count). The van der Waals surface area contributed by atoms with E-state index >= 15 is 0 Å². The molecule has 0 aromatic heterocycles. The minimum Gasteiger partial charge on any atom is -0.497 e. The Kier molecular flexibility index (Phi) is 7.57. The smallest absolute Gasteiger partial charge is 0.189 e. The van der Waals surface area contributed by atoms with Crippen LogP contribution in [0.2, 0.25) is 0 Å². The van der Waals surface area contributed by atoms with Crippen LogP contribution in [0.15, 0.2) is 77.7 Å². The summed E-state index contributed by atoms with van der Waals surface area (Å²) >= 11 is 1.75. The first kappa shape index (κ1) is 21.5. The van der Waals surface area contributed by atoms with Crippen LogP contribution in [0.5, 0.6) is 17.2 Å². The zero-order valence-electron chi connectivity index (χ0n) is 17.3. The molecule has 0 aliphatic heterocycles. The first-order valence-electron chi connectivity index (χ1n) is 9.44. The molecule has 30 heavy (non-hydrogen) atoms. The van der Waals surface area contributed by atoms with E-state index < -0.39 is 0 Å². The number of methoxy groups -OCH3 is 3. The van der Waals surface area contributed by atoms with Gasteiger partial charge in [-0.1, -0.05) is 36.4 Å². The summed E-state index contributed by atoms with van der Waals surface area (Å²) < 4.78 is 16.1. The normalized spacial score (nSPS) is 10.8. The Morgan fingerprint density at radius 2 is 1.63 bits per heavy atom. The largest absolute Gasteiger partial charge is 0.497 e. The summed E-state index contributed by atoms with van der Waals surface area (Å²) in [5, 5.41) is 0. The lowest BCUT2D eigenvalue weighted by Gasteiger charge is -2.10. The van der Waals surface area contributed by atoms with E-state index in [1.807, 2.05) is 36.4 Å². The average Bonchev–Trinajstić information content (AvgIpc) is 2.81. The molecule has 0 saturated heterocycles. The molecule has 154 valence electrons. The van der Waals surface area contributed by atoms with Crippen LogP contribution in [-0.4, -0.2) is 27.1 Å². The van der Waals surface area contributed by atoms with Crippen molar-refractivity contribution in [2.24, 2.45) is 0 Å². The maximum atomic E-state index is 12.7. The predicted octanol–water partition coefficient (Wildman–Crippen LogP) is 5.90. The average molecular weight is 421 g/mol. The molecular weight excluding hydrogens is 396 g/mol. The van der Waals surface area contributed by atoms with Gasteiger partial charge in [-0.25, -0.2) is 0 Å². The van der Waals surface area contributed by atoms with E-state index in [0.717, 1.165) is 22.6 Å². The third-order valence-electron chi connectivity index (χ3n) is 4.55. The number of carbonyl (C=O) groups is 1. The van der Waals surface area contributed by atoms with Crippen molar-refractivity contribution in [3.63, 3.8) is 0 Å². The summed E-state index contributed by atoms with van der Waals surface area (Å²) in [6, 6.07) is 21.4. The van der Waals surface area contributed by atoms with Crippen LogP contribution in [-0.2, 0) is 5.75 Å². The van der Waals surface area contributed by atoms with E-state index in [1.54, 1.807) is 57.4 Å². The highest BCUT2D eigenvalue weighted by atomic mass is 32.2. The van der Waals surface area contributed by atoms with Crippen molar-refractivity contribution in [3.8, 4) is 17.2 Å². The number of rotatable bonds is 9. The molecule has 3 aromatic rings. The molecule has 0 spiro atoms. The van der Waals surface area contributed by atoms with Crippen molar-refractivity contribution in [1.29, 1.82) is 0 Å². The van der Waals surface area contributed by atoms with E-state index in [2.05, 4.69) is 12.1 Å². The quantitative estimate of drug-likeness (QED) is 0.245. The topological polar surface area (TPSA) is 44.8 Å². The van der Waals surface area contributed by atoms with Gasteiger partial charge in [0.2, 0.25) is 0 Å². The minimum absolute atomic E-state index is 0.159. The van der Waals surface area contributed by atoms with Crippen LogP contribution in [0.25, 0.3) is 6.08 Å². The van der Waals surface area contributed by atoms with Gasteiger partial charge in [0.25, 0.3) is 0 Å². The third kappa shape index (κ3) is 5.45. The number of thioether (sulfide) groups is 1. The fourth-order valence-electron chi connectivity index (χ4n) is 2.93. The highest BCUT2D eigenvalue weighted by molar-refractivity contribution is 7.98. The van der Waals surface area contributed by atoms with Gasteiger partial charge in [0.05, 0.1) is 26.9 Å². The predicted molar refractivity (Wildman–Crippen MR) is 122 cm³/mol. The summed E-state index contributed by atoms with van der Waals surface area (Å²) in [5.41, 5.74) is 2.44. The van der Waals surface area contributed by atoms with E-state index in [4.69, 9.17) is 14.2 Å². The monoisotopic (exact) mass is 420 g/mol. The van der Waals surface area contributed by atoms with Gasteiger partial charge in [0.15, 0.2) is 5.78 Å². The number of allylic oxidation sites excluding steroid dienone is 1. The van der Waals surface area contributed by atoms with Crippen LogP contribution < -0.4 is 14.2 Å². The number of hydrogen-bond donors (Lipinski definition) is 0. The number of hydrogen-bond acceptors (Lipinski definition) is 5. The zero-order valence-corrected chi connectivity index (χ0v) is 18.1. The van der Waals surface area contributed by atoms with Gasteiger partial charge in [-0.15, -0.1) is 11.8 Å². The fourth-order valence-corrected chi connectivity index (χ4v) is 3.84. The summed E-state index contributed by atoms with van der Waals surface area (Å²) in [4.78, 5) is 13.9. The summed E-state index contributed by atoms with van der Waals surface area (Å²) in [6.45, 7) is 0. The molecule has 0 radical (unpaired) electrons. The van der Waals surface area contributed by atoms with E-state index in [1.165, 1.54) is 11.0 Å². The number of ether oxygens (including phenoxy) is 3. The zero-order chi connectivity index (χ0) is 21.3. The molecule has 0 saturated carbocycles. The summed E-state index contributed by atoms with van der Waals surface area (Å²) in [7, 11) is 4.76. The Morgan fingerprint density at radius 1 is 0.867 bits per heavy atom. The van der Waals surface area contributed by atoms with Crippen molar-refractivity contribution in [1.82, 2.24) is 0 Å². The lowest BCUT2D eigenvalue weighted by Crippen LogP contribution is -2.00. The second kappa shape index (κ2) is 10.6. The Hall–Kier alpha value is -3.18. The maximum Gasteiger partial charge on any atom is 0.189 e. The first-order valence-corrected chi connectivity index (χ1v) is 10.4. The molecule has 0 amide bonds. The van der Waals surface area contributed by atoms with Gasteiger partial charge in [-0.2, -0.15) is 0 Å². The van der Waals surface area contributed by atoms with E-state index in [0.29, 0.717) is 17.1 Å². The number of ketones is 1. The van der Waals surface area contributed by atoms with Crippen molar-refractivity contribution >= 4 is 23.6 Å². The second-order valence-corrected chi connectivity index (χ2v) is 7.49. The van der Waals surface area contributed by atoms with Crippen LogP contribution in [0.3, 0.4) is 0 Å². The van der Waals surface area contributed by atoms with Crippen LogP contribution in [0.4, 0.5) is 0 Å². The number of carbonyl (C=O) groups excluding carboxylic acids is 1. The maximum absolute atomic E-state index is 12.7.